The molecule has 0 N–H and O–H groups in total. The highest BCUT2D eigenvalue weighted by Gasteiger charge is 2.14. The van der Waals surface area contributed by atoms with Crippen LogP contribution in [0.5, 0.6) is 5.75 Å². The van der Waals surface area contributed by atoms with E-state index in [0.29, 0.717) is 0 Å². The zero-order chi connectivity index (χ0) is 24.8. The first-order chi connectivity index (χ1) is 17.8. The Balaban J connectivity index is 1.18. The number of azo groups is 2. The maximum Gasteiger partial charge on any atom is 0.119 e. The van der Waals surface area contributed by atoms with Gasteiger partial charge in [-0.3, -0.25) is 0 Å². The van der Waals surface area contributed by atoms with Crippen molar-refractivity contribution in [2.24, 2.45) is 20.5 Å². The Kier molecular flexibility index (Phi) is 10.5. The molecule has 2 aliphatic rings. The second kappa shape index (κ2) is 14.5. The van der Waals surface area contributed by atoms with E-state index in [1.165, 1.54) is 50.6 Å². The lowest BCUT2D eigenvalue weighted by Crippen LogP contribution is -2.29. The standard InChI is InChI=1S/C30H41N5O/c1-2-3-4-5-9-24-36-30-20-16-28(17-21-30)34-32-26-12-10-25(11-13-26)31-33-27-14-18-29(19-15-27)35-22-7-6-8-23-35/h10,14-21,26H,2-9,11-13,22-24H2,1H3/b33-31+,34-32+. The SMILES string of the molecule is CCCCCCCOc1ccc(/N=N/C2CC=C(/N=N/c3ccc(N4CCCCC4)cc3)CC2)cc1. The van der Waals surface area contributed by atoms with Gasteiger partial charge in [0.1, 0.15) is 5.75 Å². The van der Waals surface area contributed by atoms with E-state index in [4.69, 9.17) is 4.74 Å². The average Bonchev–Trinajstić information content (AvgIpc) is 2.94. The van der Waals surface area contributed by atoms with Crippen LogP contribution in [0.3, 0.4) is 0 Å². The predicted molar refractivity (Wildman–Crippen MR) is 148 cm³/mol. The summed E-state index contributed by atoms with van der Waals surface area (Å²) in [7, 11) is 0. The molecule has 2 aromatic rings. The van der Waals surface area contributed by atoms with Crippen molar-refractivity contribution in [3.8, 4) is 5.75 Å². The van der Waals surface area contributed by atoms with Crippen LogP contribution in [0.25, 0.3) is 0 Å². The summed E-state index contributed by atoms with van der Waals surface area (Å²) in [4.78, 5) is 2.46. The molecule has 0 bridgehead atoms. The predicted octanol–water partition coefficient (Wildman–Crippen LogP) is 9.33. The molecule has 6 nitrogen and oxygen atoms in total. The maximum atomic E-state index is 5.83. The molecular formula is C30H41N5O. The monoisotopic (exact) mass is 487 g/mol. The molecule has 1 unspecified atom stereocenters. The van der Waals surface area contributed by atoms with Gasteiger partial charge < -0.3 is 9.64 Å². The number of anilines is 1. The zero-order valence-corrected chi connectivity index (χ0v) is 21.8. The number of hydrogen-bond donors (Lipinski definition) is 0. The van der Waals surface area contributed by atoms with Crippen molar-refractivity contribution in [2.75, 3.05) is 24.6 Å². The Morgan fingerprint density at radius 1 is 0.806 bits per heavy atom. The smallest absolute Gasteiger partial charge is 0.119 e. The largest absolute Gasteiger partial charge is 0.494 e. The molecule has 1 fully saturated rings. The van der Waals surface area contributed by atoms with Crippen molar-refractivity contribution in [1.29, 1.82) is 0 Å². The van der Waals surface area contributed by atoms with E-state index in [1.54, 1.807) is 0 Å². The molecule has 1 aliphatic carbocycles. The van der Waals surface area contributed by atoms with Crippen molar-refractivity contribution < 1.29 is 4.74 Å². The van der Waals surface area contributed by atoms with E-state index in [-0.39, 0.29) is 6.04 Å². The molecule has 1 aliphatic heterocycles. The fraction of sp³-hybridized carbons (Fsp3) is 0.533. The quantitative estimate of drug-likeness (QED) is 0.221. The van der Waals surface area contributed by atoms with Gasteiger partial charge in [0.15, 0.2) is 0 Å². The number of hydrogen-bond acceptors (Lipinski definition) is 6. The summed E-state index contributed by atoms with van der Waals surface area (Å²) in [6.07, 6.45) is 15.0. The summed E-state index contributed by atoms with van der Waals surface area (Å²) in [5, 5.41) is 17.9. The van der Waals surface area contributed by atoms with Gasteiger partial charge >= 0.3 is 0 Å². The van der Waals surface area contributed by atoms with E-state index in [9.17, 15) is 0 Å². The molecule has 1 atom stereocenters. The highest BCUT2D eigenvalue weighted by molar-refractivity contribution is 5.52. The first-order valence-electron chi connectivity index (χ1n) is 13.9. The van der Waals surface area contributed by atoms with Gasteiger partial charge in [0.2, 0.25) is 0 Å². The molecule has 2 aromatic carbocycles. The maximum absolute atomic E-state index is 5.83. The Bertz CT molecular complexity index is 991. The fourth-order valence-electron chi connectivity index (χ4n) is 4.66. The van der Waals surface area contributed by atoms with E-state index >= 15 is 0 Å². The number of unbranched alkanes of at least 4 members (excludes halogenated alkanes) is 4. The summed E-state index contributed by atoms with van der Waals surface area (Å²) in [5.74, 6) is 0.904. The molecule has 192 valence electrons. The van der Waals surface area contributed by atoms with Crippen molar-refractivity contribution in [1.82, 2.24) is 0 Å². The average molecular weight is 488 g/mol. The van der Waals surface area contributed by atoms with Crippen LogP contribution in [0.15, 0.2) is 80.8 Å². The zero-order valence-electron chi connectivity index (χ0n) is 21.8. The fourth-order valence-corrected chi connectivity index (χ4v) is 4.66. The van der Waals surface area contributed by atoms with Crippen molar-refractivity contribution in [3.63, 3.8) is 0 Å². The van der Waals surface area contributed by atoms with Gasteiger partial charge in [0.25, 0.3) is 0 Å². The minimum atomic E-state index is 0.201. The van der Waals surface area contributed by atoms with Crippen LogP contribution in [-0.2, 0) is 0 Å². The number of rotatable bonds is 12. The Morgan fingerprint density at radius 2 is 1.53 bits per heavy atom. The van der Waals surface area contributed by atoms with E-state index < -0.39 is 0 Å². The van der Waals surface area contributed by atoms with Crippen LogP contribution in [0, 0.1) is 0 Å². The van der Waals surface area contributed by atoms with Gasteiger partial charge in [0, 0.05) is 18.8 Å². The summed E-state index contributed by atoms with van der Waals surface area (Å²) in [6.45, 7) is 5.33. The number of ether oxygens (including phenoxy) is 1. The van der Waals surface area contributed by atoms with Gasteiger partial charge in [-0.1, -0.05) is 38.7 Å². The second-order valence-electron chi connectivity index (χ2n) is 9.86. The number of allylic oxidation sites excluding steroid dienone is 1. The molecule has 0 amide bonds. The molecule has 0 radical (unpaired) electrons. The van der Waals surface area contributed by atoms with Crippen LogP contribution in [-0.4, -0.2) is 25.7 Å². The topological polar surface area (TPSA) is 61.9 Å². The lowest BCUT2D eigenvalue weighted by Gasteiger charge is -2.28. The van der Waals surface area contributed by atoms with Crippen molar-refractivity contribution in [2.45, 2.75) is 83.6 Å². The van der Waals surface area contributed by atoms with Crippen LogP contribution in [0.4, 0.5) is 17.1 Å². The molecule has 6 heteroatoms. The molecule has 1 heterocycles. The van der Waals surface area contributed by atoms with Crippen molar-refractivity contribution >= 4 is 17.1 Å². The number of benzene rings is 2. The molecule has 0 saturated carbocycles. The van der Waals surface area contributed by atoms with E-state index in [1.807, 2.05) is 24.3 Å². The van der Waals surface area contributed by atoms with Gasteiger partial charge in [-0.25, -0.2) is 0 Å². The minimum absolute atomic E-state index is 0.201. The lowest BCUT2D eigenvalue weighted by atomic mass is 10.0. The van der Waals surface area contributed by atoms with Crippen LogP contribution in [0.2, 0.25) is 0 Å². The Labute approximate surface area is 216 Å². The second-order valence-corrected chi connectivity index (χ2v) is 9.86. The summed E-state index contributed by atoms with van der Waals surface area (Å²) >= 11 is 0. The third-order valence-electron chi connectivity index (χ3n) is 6.91. The molecule has 0 aromatic heterocycles. The molecular weight excluding hydrogens is 446 g/mol. The van der Waals surface area contributed by atoms with Gasteiger partial charge in [-0.2, -0.15) is 20.5 Å². The first-order valence-corrected chi connectivity index (χ1v) is 13.9. The van der Waals surface area contributed by atoms with E-state index in [0.717, 1.165) is 68.2 Å². The van der Waals surface area contributed by atoms with Gasteiger partial charge in [-0.15, -0.1) is 0 Å². The van der Waals surface area contributed by atoms with Crippen LogP contribution >= 0.6 is 0 Å². The summed E-state index contributed by atoms with van der Waals surface area (Å²) < 4.78 is 5.83. The lowest BCUT2D eigenvalue weighted by molar-refractivity contribution is 0.304. The highest BCUT2D eigenvalue weighted by atomic mass is 16.5. The Hall–Kier alpha value is -3.02. The van der Waals surface area contributed by atoms with E-state index in [2.05, 4.69) is 62.6 Å². The molecule has 0 spiro atoms. The summed E-state index contributed by atoms with van der Waals surface area (Å²) in [5.41, 5.74) is 4.10. The third-order valence-corrected chi connectivity index (χ3v) is 6.91. The number of nitrogens with zero attached hydrogens (tertiary/aromatic N) is 5. The van der Waals surface area contributed by atoms with Crippen LogP contribution in [0.1, 0.15) is 77.6 Å². The van der Waals surface area contributed by atoms with Gasteiger partial charge in [0.05, 0.1) is 29.7 Å². The normalized spacial score (nSPS) is 18.6. The number of piperidine rings is 1. The van der Waals surface area contributed by atoms with Crippen LogP contribution < -0.4 is 9.64 Å². The molecule has 36 heavy (non-hydrogen) atoms. The Morgan fingerprint density at radius 3 is 2.25 bits per heavy atom. The molecule has 1 saturated heterocycles. The molecule has 4 rings (SSSR count). The minimum Gasteiger partial charge on any atom is -0.494 e. The highest BCUT2D eigenvalue weighted by Crippen LogP contribution is 2.27. The third kappa shape index (κ3) is 8.58. The van der Waals surface area contributed by atoms with Gasteiger partial charge in [-0.05, 0) is 93.5 Å². The first kappa shape index (κ1) is 26.1. The van der Waals surface area contributed by atoms with Crippen molar-refractivity contribution in [3.05, 3.63) is 60.3 Å². The summed E-state index contributed by atoms with van der Waals surface area (Å²) in [6, 6.07) is 16.6.